The highest BCUT2D eigenvalue weighted by molar-refractivity contribution is 7.89. The SMILES string of the molecule is CCc1ncc(S(=O)(=O)NCC2(CCCl)CC2)[nH]1. The summed E-state index contributed by atoms with van der Waals surface area (Å²) in [7, 11) is -3.47. The van der Waals surface area contributed by atoms with Crippen molar-refractivity contribution in [1.82, 2.24) is 14.7 Å². The van der Waals surface area contributed by atoms with Crippen LogP contribution in [0, 0.1) is 5.41 Å². The molecule has 102 valence electrons. The van der Waals surface area contributed by atoms with Crippen LogP contribution in [0.2, 0.25) is 0 Å². The number of halogens is 1. The van der Waals surface area contributed by atoms with E-state index in [1.165, 1.54) is 6.20 Å². The van der Waals surface area contributed by atoms with Crippen molar-refractivity contribution in [2.24, 2.45) is 5.41 Å². The van der Waals surface area contributed by atoms with Gasteiger partial charge in [-0.25, -0.2) is 18.1 Å². The second-order valence-electron chi connectivity index (χ2n) is 4.81. The molecule has 1 aliphatic carbocycles. The van der Waals surface area contributed by atoms with Crippen molar-refractivity contribution in [2.75, 3.05) is 12.4 Å². The average Bonchev–Trinajstić information content (AvgIpc) is 2.93. The summed E-state index contributed by atoms with van der Waals surface area (Å²) in [6.07, 6.45) is 5.01. The lowest BCUT2D eigenvalue weighted by atomic mass is 10.1. The summed E-state index contributed by atoms with van der Waals surface area (Å²) in [5.41, 5.74) is 0.0857. The van der Waals surface area contributed by atoms with E-state index in [0.29, 0.717) is 24.7 Å². The molecule has 0 radical (unpaired) electrons. The Morgan fingerprint density at radius 2 is 2.28 bits per heavy atom. The number of alkyl halides is 1. The minimum absolute atomic E-state index is 0.0857. The first-order valence-corrected chi connectivity index (χ1v) is 8.13. The van der Waals surface area contributed by atoms with Gasteiger partial charge in [0.1, 0.15) is 5.82 Å². The van der Waals surface area contributed by atoms with Crippen LogP contribution in [0.3, 0.4) is 0 Å². The van der Waals surface area contributed by atoms with Crippen LogP contribution in [-0.2, 0) is 16.4 Å². The van der Waals surface area contributed by atoms with Crippen LogP contribution < -0.4 is 4.72 Å². The van der Waals surface area contributed by atoms with Gasteiger partial charge in [-0.2, -0.15) is 0 Å². The molecule has 0 spiro atoms. The highest BCUT2D eigenvalue weighted by atomic mass is 35.5. The molecule has 2 N–H and O–H groups in total. The molecule has 1 saturated carbocycles. The molecule has 1 aliphatic rings. The van der Waals surface area contributed by atoms with Crippen molar-refractivity contribution in [1.29, 1.82) is 0 Å². The summed E-state index contributed by atoms with van der Waals surface area (Å²) >= 11 is 5.72. The molecule has 1 aromatic rings. The van der Waals surface area contributed by atoms with Crippen molar-refractivity contribution >= 4 is 21.6 Å². The van der Waals surface area contributed by atoms with E-state index >= 15 is 0 Å². The lowest BCUT2D eigenvalue weighted by Crippen LogP contribution is -2.30. The van der Waals surface area contributed by atoms with E-state index in [1.54, 1.807) is 0 Å². The smallest absolute Gasteiger partial charge is 0.257 e. The van der Waals surface area contributed by atoms with Gasteiger partial charge in [-0.3, -0.25) is 0 Å². The number of imidazole rings is 1. The number of sulfonamides is 1. The number of hydrogen-bond donors (Lipinski definition) is 2. The predicted octanol–water partition coefficient (Wildman–Crippen LogP) is 1.66. The Kier molecular flexibility index (Phi) is 3.99. The fraction of sp³-hybridized carbons (Fsp3) is 0.727. The van der Waals surface area contributed by atoms with Gasteiger partial charge in [-0.05, 0) is 24.7 Å². The van der Waals surface area contributed by atoms with Crippen molar-refractivity contribution < 1.29 is 8.42 Å². The molecule has 0 aromatic carbocycles. The van der Waals surface area contributed by atoms with Crippen molar-refractivity contribution in [3.63, 3.8) is 0 Å². The standard InChI is InChI=1S/C11H18ClN3O2S/c1-2-9-13-7-10(15-9)18(16,17)14-8-11(3-4-11)5-6-12/h7,14H,2-6,8H2,1H3,(H,13,15). The highest BCUT2D eigenvalue weighted by Gasteiger charge is 2.42. The number of hydrogen-bond acceptors (Lipinski definition) is 3. The molecule has 0 atom stereocenters. The topological polar surface area (TPSA) is 74.8 Å². The molecule has 0 aliphatic heterocycles. The maximum Gasteiger partial charge on any atom is 0.257 e. The van der Waals surface area contributed by atoms with Crippen LogP contribution in [0.25, 0.3) is 0 Å². The van der Waals surface area contributed by atoms with Crippen molar-refractivity contribution in [3.8, 4) is 0 Å². The largest absolute Gasteiger partial charge is 0.332 e. The number of H-pyrrole nitrogens is 1. The molecule has 0 amide bonds. The Labute approximate surface area is 112 Å². The third-order valence-corrected chi connectivity index (χ3v) is 4.95. The van der Waals surface area contributed by atoms with E-state index in [4.69, 9.17) is 11.6 Å². The Morgan fingerprint density at radius 1 is 1.56 bits per heavy atom. The average molecular weight is 292 g/mol. The maximum atomic E-state index is 12.0. The fourth-order valence-corrected chi connectivity index (χ4v) is 3.37. The van der Waals surface area contributed by atoms with Gasteiger partial charge in [0.25, 0.3) is 10.0 Å². The van der Waals surface area contributed by atoms with E-state index < -0.39 is 10.0 Å². The summed E-state index contributed by atoms with van der Waals surface area (Å²) in [5, 5.41) is 0.140. The summed E-state index contributed by atoms with van der Waals surface area (Å²) in [6.45, 7) is 2.38. The molecule has 1 fully saturated rings. The van der Waals surface area contributed by atoms with Crippen LogP contribution in [0.1, 0.15) is 32.0 Å². The van der Waals surface area contributed by atoms with Gasteiger partial charge in [0.15, 0.2) is 5.03 Å². The van der Waals surface area contributed by atoms with Crippen LogP contribution in [0.5, 0.6) is 0 Å². The lowest BCUT2D eigenvalue weighted by molar-refractivity contribution is 0.477. The normalized spacial score (nSPS) is 17.9. The van der Waals surface area contributed by atoms with Crippen molar-refractivity contribution in [2.45, 2.75) is 37.6 Å². The molecule has 0 unspecified atom stereocenters. The number of aromatic nitrogens is 2. The van der Waals surface area contributed by atoms with E-state index in [-0.39, 0.29) is 10.4 Å². The Morgan fingerprint density at radius 3 is 2.78 bits per heavy atom. The summed E-state index contributed by atoms with van der Waals surface area (Å²) < 4.78 is 26.7. The Balaban J connectivity index is 1.99. The van der Waals surface area contributed by atoms with Crippen LogP contribution >= 0.6 is 11.6 Å². The zero-order valence-electron chi connectivity index (χ0n) is 10.4. The third kappa shape index (κ3) is 3.05. The minimum atomic E-state index is -3.47. The molecule has 18 heavy (non-hydrogen) atoms. The molecule has 1 heterocycles. The first kappa shape index (κ1) is 13.8. The monoisotopic (exact) mass is 291 g/mol. The van der Waals surface area contributed by atoms with Gasteiger partial charge in [0.2, 0.25) is 0 Å². The molecule has 0 saturated heterocycles. The number of aromatic amines is 1. The van der Waals surface area contributed by atoms with Crippen LogP contribution in [0.15, 0.2) is 11.2 Å². The van der Waals surface area contributed by atoms with Gasteiger partial charge < -0.3 is 4.98 Å². The van der Waals surface area contributed by atoms with Gasteiger partial charge in [0.05, 0.1) is 6.20 Å². The molecule has 2 rings (SSSR count). The number of rotatable bonds is 7. The Bertz CT molecular complexity index is 508. The van der Waals surface area contributed by atoms with Crippen LogP contribution in [-0.4, -0.2) is 30.8 Å². The van der Waals surface area contributed by atoms with Gasteiger partial charge >= 0.3 is 0 Å². The third-order valence-electron chi connectivity index (χ3n) is 3.45. The molecular formula is C11H18ClN3O2S. The zero-order valence-corrected chi connectivity index (χ0v) is 11.9. The Hall–Kier alpha value is -0.590. The summed E-state index contributed by atoms with van der Waals surface area (Å²) in [5.74, 6) is 1.25. The van der Waals surface area contributed by atoms with Gasteiger partial charge in [0, 0.05) is 18.8 Å². The maximum absolute atomic E-state index is 12.0. The summed E-state index contributed by atoms with van der Waals surface area (Å²) in [4.78, 5) is 6.81. The van der Waals surface area contributed by atoms with E-state index in [0.717, 1.165) is 19.3 Å². The van der Waals surface area contributed by atoms with E-state index in [2.05, 4.69) is 14.7 Å². The minimum Gasteiger partial charge on any atom is -0.332 e. The zero-order chi connectivity index (χ0) is 13.2. The quantitative estimate of drug-likeness (QED) is 0.750. The predicted molar refractivity (Wildman–Crippen MR) is 70.2 cm³/mol. The van der Waals surface area contributed by atoms with E-state index in [9.17, 15) is 8.42 Å². The second kappa shape index (κ2) is 5.19. The second-order valence-corrected chi connectivity index (χ2v) is 6.92. The molecular weight excluding hydrogens is 274 g/mol. The van der Waals surface area contributed by atoms with Gasteiger partial charge in [-0.1, -0.05) is 6.92 Å². The number of aryl methyl sites for hydroxylation is 1. The first-order valence-electron chi connectivity index (χ1n) is 6.11. The van der Waals surface area contributed by atoms with E-state index in [1.807, 2.05) is 6.92 Å². The highest BCUT2D eigenvalue weighted by Crippen LogP contribution is 2.48. The van der Waals surface area contributed by atoms with Crippen molar-refractivity contribution in [3.05, 3.63) is 12.0 Å². The molecule has 7 heteroatoms. The van der Waals surface area contributed by atoms with Crippen LogP contribution in [0.4, 0.5) is 0 Å². The lowest BCUT2D eigenvalue weighted by Gasteiger charge is -2.13. The first-order chi connectivity index (χ1) is 8.51. The van der Waals surface area contributed by atoms with Gasteiger partial charge in [-0.15, -0.1) is 11.6 Å². The fourth-order valence-electron chi connectivity index (χ4n) is 1.88. The molecule has 5 nitrogen and oxygen atoms in total. The molecule has 0 bridgehead atoms. The summed E-state index contributed by atoms with van der Waals surface area (Å²) in [6, 6.07) is 0. The molecule has 1 aromatic heterocycles. The number of nitrogens with one attached hydrogen (secondary N) is 2. The number of nitrogens with zero attached hydrogens (tertiary/aromatic N) is 1.